The lowest BCUT2D eigenvalue weighted by atomic mass is 9.58. The second-order valence-electron chi connectivity index (χ2n) is 14.0. The van der Waals surface area contributed by atoms with Gasteiger partial charge in [-0.25, -0.2) is 4.79 Å². The van der Waals surface area contributed by atoms with Crippen molar-refractivity contribution in [2.75, 3.05) is 26.4 Å². The van der Waals surface area contributed by atoms with Gasteiger partial charge in [0.05, 0.1) is 13.2 Å². The number of hydrogen-bond acceptors (Lipinski definition) is 15. The fourth-order valence-corrected chi connectivity index (χ4v) is 7.46. The van der Waals surface area contributed by atoms with Crippen molar-refractivity contribution in [1.82, 2.24) is 0 Å². The van der Waals surface area contributed by atoms with Crippen LogP contribution in [0.15, 0.2) is 63.3 Å². The molecule has 3 aliphatic rings. The first kappa shape index (κ1) is 39.0. The van der Waals surface area contributed by atoms with Gasteiger partial charge in [0.25, 0.3) is 0 Å². The average molecular weight is 721 g/mol. The molecule has 0 radical (unpaired) electrons. The molecule has 0 spiro atoms. The Bertz CT molecular complexity index is 1640. The van der Waals surface area contributed by atoms with Crippen LogP contribution in [0.2, 0.25) is 0 Å². The van der Waals surface area contributed by atoms with Gasteiger partial charge < -0.3 is 63.8 Å². The van der Waals surface area contributed by atoms with Gasteiger partial charge in [-0.3, -0.25) is 4.79 Å². The Morgan fingerprint density at radius 2 is 1.73 bits per heavy atom. The molecule has 1 aliphatic carbocycles. The van der Waals surface area contributed by atoms with E-state index in [0.29, 0.717) is 17.8 Å². The van der Waals surface area contributed by atoms with Crippen LogP contribution in [0.1, 0.15) is 40.0 Å². The van der Waals surface area contributed by atoms with Crippen molar-refractivity contribution >= 4 is 16.9 Å². The van der Waals surface area contributed by atoms with E-state index in [2.05, 4.69) is 19.6 Å². The van der Waals surface area contributed by atoms with Gasteiger partial charge in [-0.1, -0.05) is 30.7 Å². The summed E-state index contributed by atoms with van der Waals surface area (Å²) in [7, 11) is 0. The zero-order valence-corrected chi connectivity index (χ0v) is 28.8. The van der Waals surface area contributed by atoms with Crippen molar-refractivity contribution in [1.29, 1.82) is 0 Å². The highest BCUT2D eigenvalue weighted by molar-refractivity contribution is 5.77. The Hall–Kier alpha value is -3.22. The Kier molecular flexibility index (Phi) is 12.1. The monoisotopic (exact) mass is 720 g/mol. The van der Waals surface area contributed by atoms with Gasteiger partial charge in [0.1, 0.15) is 67.3 Å². The van der Waals surface area contributed by atoms with Crippen LogP contribution in [0.25, 0.3) is 11.0 Å². The fourth-order valence-electron chi connectivity index (χ4n) is 7.46. The number of rotatable bonds is 13. The van der Waals surface area contributed by atoms with Crippen LogP contribution in [0.5, 0.6) is 5.75 Å². The molecule has 2 aliphatic heterocycles. The molecule has 0 amide bonds. The molecule has 5 rings (SSSR count). The Morgan fingerprint density at radius 3 is 2.39 bits per heavy atom. The molecule has 12 atom stereocenters. The van der Waals surface area contributed by atoms with E-state index in [1.165, 1.54) is 6.07 Å². The topological polar surface area (TPSA) is 235 Å². The predicted molar refractivity (Wildman–Crippen MR) is 178 cm³/mol. The van der Waals surface area contributed by atoms with Crippen molar-refractivity contribution in [3.63, 3.8) is 0 Å². The van der Waals surface area contributed by atoms with Crippen molar-refractivity contribution in [2.24, 2.45) is 17.3 Å². The minimum absolute atomic E-state index is 0.00576. The molecular weight excluding hydrogens is 672 g/mol. The highest BCUT2D eigenvalue weighted by atomic mass is 16.8. The third kappa shape index (κ3) is 7.93. The maximum atomic E-state index is 13.2. The van der Waals surface area contributed by atoms with Crippen molar-refractivity contribution in [2.45, 2.75) is 94.8 Å². The summed E-state index contributed by atoms with van der Waals surface area (Å²) in [6, 6.07) is 8.29. The quantitative estimate of drug-likeness (QED) is 0.0837. The summed E-state index contributed by atoms with van der Waals surface area (Å²) < 4.78 is 33.5. The number of carbonyl (C=O) groups excluding carboxylic acids is 1. The smallest absolute Gasteiger partial charge is 0.336 e. The van der Waals surface area contributed by atoms with Crippen molar-refractivity contribution < 1.29 is 68.6 Å². The lowest BCUT2D eigenvalue weighted by Gasteiger charge is -2.47. The SMILES string of the molecule is C=C(C)[C@H]1CC=C(C)[C@@H](COc2ccc3ccc(=O)oc3c2)[C@]1(C)CCC(=O)OC[C@@H]1O[C@H](O[C@]2(CO)O[C@H](CO)[C@H](O)[C@@H]2O)[C@@H](O)[C@H](O)[C@H]1O. The number of allylic oxidation sites excluding steroid dienone is 2. The number of esters is 1. The number of benzene rings is 1. The maximum absolute atomic E-state index is 13.2. The van der Waals surface area contributed by atoms with Crippen LogP contribution in [-0.2, 0) is 23.7 Å². The van der Waals surface area contributed by atoms with E-state index < -0.39 is 91.6 Å². The second kappa shape index (κ2) is 15.8. The maximum Gasteiger partial charge on any atom is 0.336 e. The fraction of sp³-hybridized carbons (Fsp3) is 0.611. The lowest BCUT2D eigenvalue weighted by Crippen LogP contribution is -2.62. The number of hydrogen-bond donors (Lipinski definition) is 7. The van der Waals surface area contributed by atoms with Gasteiger partial charge >= 0.3 is 11.6 Å². The van der Waals surface area contributed by atoms with E-state index in [1.54, 1.807) is 24.3 Å². The minimum atomic E-state index is -2.34. The number of ether oxygens (including phenoxy) is 5. The van der Waals surface area contributed by atoms with E-state index in [9.17, 15) is 45.3 Å². The summed E-state index contributed by atoms with van der Waals surface area (Å²) in [6.07, 6.45) is -10.3. The molecule has 0 saturated carbocycles. The molecule has 1 aromatic heterocycles. The molecule has 2 aromatic rings. The largest absolute Gasteiger partial charge is 0.493 e. The summed E-state index contributed by atoms with van der Waals surface area (Å²) in [4.78, 5) is 24.9. The molecule has 2 saturated heterocycles. The van der Waals surface area contributed by atoms with Gasteiger partial charge in [0, 0.05) is 29.9 Å². The summed E-state index contributed by atoms with van der Waals surface area (Å²) >= 11 is 0. The minimum Gasteiger partial charge on any atom is -0.493 e. The molecular formula is C36H48O15. The first-order chi connectivity index (χ1) is 24.1. The summed E-state index contributed by atoms with van der Waals surface area (Å²) in [5.41, 5.74) is 1.47. The van der Waals surface area contributed by atoms with Crippen LogP contribution in [0.4, 0.5) is 0 Å². The molecule has 3 heterocycles. The van der Waals surface area contributed by atoms with Crippen LogP contribution in [0, 0.1) is 17.3 Å². The van der Waals surface area contributed by atoms with Gasteiger partial charge in [-0.2, -0.15) is 0 Å². The van der Waals surface area contributed by atoms with Gasteiger partial charge in [-0.15, -0.1) is 0 Å². The second-order valence-corrected chi connectivity index (χ2v) is 14.0. The van der Waals surface area contributed by atoms with E-state index >= 15 is 0 Å². The highest BCUT2D eigenvalue weighted by Crippen LogP contribution is 2.51. The zero-order valence-electron chi connectivity index (χ0n) is 28.8. The molecule has 0 unspecified atom stereocenters. The van der Waals surface area contributed by atoms with Crippen molar-refractivity contribution in [3.8, 4) is 5.75 Å². The normalized spacial score (nSPS) is 36.9. The van der Waals surface area contributed by atoms with Gasteiger partial charge in [0.15, 0.2) is 6.29 Å². The molecule has 15 nitrogen and oxygen atoms in total. The zero-order chi connectivity index (χ0) is 37.2. The summed E-state index contributed by atoms with van der Waals surface area (Å²) in [5.74, 6) is -2.57. The summed E-state index contributed by atoms with van der Waals surface area (Å²) in [5, 5.41) is 72.5. The van der Waals surface area contributed by atoms with E-state index in [-0.39, 0.29) is 24.9 Å². The molecule has 282 valence electrons. The highest BCUT2D eigenvalue weighted by Gasteiger charge is 2.58. The van der Waals surface area contributed by atoms with E-state index in [1.807, 2.05) is 13.8 Å². The molecule has 7 N–H and O–H groups in total. The standard InChI is InChI=1S/C36H48O15/c1-18(2)22-9-5-19(3)23(15-46-21-8-6-20-7-10-28(40)48-24(20)13-21)35(22,4)12-11-27(39)47-16-26-29(41)31(43)32(44)34(49-26)51-36(17-38)33(45)30(42)25(14-37)50-36/h5-8,10,13,22-23,25-26,29-34,37-38,41-45H,1,9,11-12,14-17H2,2-4H3/t22-,23-,25-,26+,29+,30+,31-,32+,33+,34-,35-,36+/m1/s1. The number of aliphatic hydroxyl groups is 7. The summed E-state index contributed by atoms with van der Waals surface area (Å²) in [6.45, 7) is 8.22. The number of fused-ring (bicyclic) bond motifs is 1. The van der Waals surface area contributed by atoms with Crippen LogP contribution >= 0.6 is 0 Å². The van der Waals surface area contributed by atoms with Gasteiger partial charge in [0.2, 0.25) is 5.79 Å². The Balaban J connectivity index is 1.23. The first-order valence-corrected chi connectivity index (χ1v) is 16.9. The molecule has 15 heteroatoms. The van der Waals surface area contributed by atoms with Crippen LogP contribution in [0.3, 0.4) is 0 Å². The average Bonchev–Trinajstić information content (AvgIpc) is 3.34. The van der Waals surface area contributed by atoms with Crippen LogP contribution in [-0.4, -0.2) is 123 Å². The van der Waals surface area contributed by atoms with Crippen molar-refractivity contribution in [3.05, 3.63) is 64.6 Å². The molecule has 1 aromatic carbocycles. The first-order valence-electron chi connectivity index (χ1n) is 16.9. The van der Waals surface area contributed by atoms with Crippen LogP contribution < -0.4 is 10.4 Å². The third-order valence-corrected chi connectivity index (χ3v) is 10.6. The Labute approximate surface area is 294 Å². The molecule has 51 heavy (non-hydrogen) atoms. The van der Waals surface area contributed by atoms with E-state index in [4.69, 9.17) is 28.1 Å². The third-order valence-electron chi connectivity index (χ3n) is 10.6. The van der Waals surface area contributed by atoms with E-state index in [0.717, 1.165) is 23.0 Å². The number of carbonyl (C=O) groups is 1. The lowest BCUT2D eigenvalue weighted by molar-refractivity contribution is -0.383. The molecule has 0 bridgehead atoms. The predicted octanol–water partition coefficient (Wildman–Crippen LogP) is 0.286. The Morgan fingerprint density at radius 1 is 1.00 bits per heavy atom. The number of aliphatic hydroxyl groups excluding tert-OH is 7. The molecule has 2 fully saturated rings. The van der Waals surface area contributed by atoms with Gasteiger partial charge in [-0.05, 0) is 56.2 Å².